The summed E-state index contributed by atoms with van der Waals surface area (Å²) in [6.07, 6.45) is 4.11. The zero-order valence-electron chi connectivity index (χ0n) is 24.3. The van der Waals surface area contributed by atoms with Crippen LogP contribution in [0, 0.1) is 5.82 Å². The molecule has 14 heteroatoms. The van der Waals surface area contributed by atoms with E-state index >= 15 is 0 Å². The van der Waals surface area contributed by atoms with Gasteiger partial charge in [-0.15, -0.1) is 11.3 Å². The largest absolute Gasteiger partial charge is 0.487 e. The summed E-state index contributed by atoms with van der Waals surface area (Å²) in [5.74, 6) is 0.482. The summed E-state index contributed by atoms with van der Waals surface area (Å²) >= 11 is 7.89. The van der Waals surface area contributed by atoms with Gasteiger partial charge in [-0.25, -0.2) is 32.7 Å². The average molecular weight is 677 g/mol. The summed E-state index contributed by atoms with van der Waals surface area (Å²) in [7, 11) is -3.55. The zero-order chi connectivity index (χ0) is 32.1. The van der Waals surface area contributed by atoms with Gasteiger partial charge in [0.15, 0.2) is 14.9 Å². The van der Waals surface area contributed by atoms with Gasteiger partial charge >= 0.3 is 0 Å². The minimum absolute atomic E-state index is 0.000287. The monoisotopic (exact) mass is 676 g/mol. The normalized spacial score (nSPS) is 12.2. The predicted molar refractivity (Wildman–Crippen MR) is 175 cm³/mol. The molecule has 1 atom stereocenters. The number of benzene rings is 2. The number of anilines is 2. The van der Waals surface area contributed by atoms with Crippen LogP contribution in [-0.4, -0.2) is 45.7 Å². The van der Waals surface area contributed by atoms with Crippen LogP contribution >= 0.6 is 22.9 Å². The highest BCUT2D eigenvalue weighted by Gasteiger charge is 2.19. The fraction of sp³-hybridized carbons (Fsp3) is 0.156. The second kappa shape index (κ2) is 13.8. The molecule has 0 amide bonds. The van der Waals surface area contributed by atoms with E-state index < -0.39 is 15.9 Å². The van der Waals surface area contributed by atoms with Gasteiger partial charge in [0.2, 0.25) is 0 Å². The van der Waals surface area contributed by atoms with Crippen molar-refractivity contribution in [3.05, 3.63) is 112 Å². The number of ether oxygens (including phenoxy) is 2. The molecule has 0 bridgehead atoms. The first-order chi connectivity index (χ1) is 22.2. The summed E-state index contributed by atoms with van der Waals surface area (Å²) in [5, 5.41) is 6.96. The molecule has 2 aromatic carbocycles. The quantitative estimate of drug-likeness (QED) is 0.142. The van der Waals surface area contributed by atoms with Crippen LogP contribution in [0.25, 0.3) is 22.3 Å². The summed E-state index contributed by atoms with van der Waals surface area (Å²) < 4.78 is 50.1. The molecule has 6 rings (SSSR count). The smallest absolute Gasteiger partial charge is 0.197 e. The lowest BCUT2D eigenvalue weighted by molar-refractivity contribution is 0.0775. The van der Waals surface area contributed by atoms with Crippen molar-refractivity contribution >= 4 is 55.2 Å². The second-order valence-corrected chi connectivity index (χ2v) is 13.4. The van der Waals surface area contributed by atoms with E-state index in [-0.39, 0.29) is 29.8 Å². The maximum absolute atomic E-state index is 13.5. The van der Waals surface area contributed by atoms with Crippen molar-refractivity contribution in [1.29, 1.82) is 0 Å². The Morgan fingerprint density at radius 1 is 1.00 bits per heavy atom. The van der Waals surface area contributed by atoms with Crippen LogP contribution < -0.4 is 10.1 Å². The maximum Gasteiger partial charge on any atom is 0.197 e. The van der Waals surface area contributed by atoms with Crippen molar-refractivity contribution in [2.24, 2.45) is 0 Å². The number of sulfone groups is 1. The lowest BCUT2D eigenvalue weighted by Gasteiger charge is -2.12. The molecule has 4 aromatic heterocycles. The third-order valence-electron chi connectivity index (χ3n) is 6.81. The molecule has 0 radical (unpaired) electrons. The van der Waals surface area contributed by atoms with Crippen molar-refractivity contribution in [3.63, 3.8) is 0 Å². The molecule has 10 nitrogen and oxygen atoms in total. The Morgan fingerprint density at radius 3 is 2.70 bits per heavy atom. The highest BCUT2D eigenvalue weighted by Crippen LogP contribution is 2.33. The summed E-state index contributed by atoms with van der Waals surface area (Å²) in [4.78, 5) is 21.9. The second-order valence-electron chi connectivity index (χ2n) is 10.1. The van der Waals surface area contributed by atoms with Gasteiger partial charge in [-0.3, -0.25) is 4.98 Å². The Kier molecular flexibility index (Phi) is 9.45. The number of aromatic nitrogens is 5. The number of thiazole rings is 1. The number of rotatable bonds is 12. The summed E-state index contributed by atoms with van der Waals surface area (Å²) in [5.41, 5.74) is 3.24. The molecule has 1 N–H and O–H groups in total. The molecule has 0 aliphatic heterocycles. The van der Waals surface area contributed by atoms with Crippen molar-refractivity contribution < 1.29 is 22.3 Å². The molecular formula is C32H26ClFN6O4S2. The number of nitrogens with one attached hydrogen (secondary N) is 1. The van der Waals surface area contributed by atoms with Crippen LogP contribution in [0.4, 0.5) is 15.9 Å². The highest BCUT2D eigenvalue weighted by molar-refractivity contribution is 7.91. The number of pyridine rings is 2. The van der Waals surface area contributed by atoms with Crippen LogP contribution in [-0.2, 0) is 21.2 Å². The van der Waals surface area contributed by atoms with Crippen LogP contribution in [0.3, 0.4) is 0 Å². The van der Waals surface area contributed by atoms with Crippen molar-refractivity contribution in [2.75, 3.05) is 17.7 Å². The number of nitrogens with zero attached hydrogens (tertiary/aromatic N) is 5. The predicted octanol–water partition coefficient (Wildman–Crippen LogP) is 7.21. The molecule has 0 aliphatic carbocycles. The van der Waals surface area contributed by atoms with Crippen molar-refractivity contribution in [1.82, 2.24) is 24.9 Å². The van der Waals surface area contributed by atoms with Gasteiger partial charge in [0.1, 0.15) is 41.4 Å². The molecule has 0 aliphatic rings. The van der Waals surface area contributed by atoms with E-state index in [1.807, 2.05) is 18.4 Å². The van der Waals surface area contributed by atoms with Gasteiger partial charge in [0, 0.05) is 22.7 Å². The van der Waals surface area contributed by atoms with Crippen LogP contribution in [0.15, 0.2) is 95.9 Å². The first-order valence-corrected chi connectivity index (χ1v) is 16.9. The molecule has 234 valence electrons. The van der Waals surface area contributed by atoms with E-state index in [1.54, 1.807) is 48.7 Å². The molecule has 0 saturated heterocycles. The number of hydrogen-bond acceptors (Lipinski definition) is 11. The first kappa shape index (κ1) is 31.4. The summed E-state index contributed by atoms with van der Waals surface area (Å²) in [6, 6.07) is 18.1. The van der Waals surface area contributed by atoms with Gasteiger partial charge in [0.25, 0.3) is 0 Å². The van der Waals surface area contributed by atoms with Crippen LogP contribution in [0.5, 0.6) is 5.75 Å². The van der Waals surface area contributed by atoms with Gasteiger partial charge < -0.3 is 14.8 Å². The van der Waals surface area contributed by atoms with E-state index in [4.69, 9.17) is 26.1 Å². The molecule has 46 heavy (non-hydrogen) atoms. The van der Waals surface area contributed by atoms with Crippen molar-refractivity contribution in [2.45, 2.75) is 24.7 Å². The van der Waals surface area contributed by atoms with E-state index in [2.05, 4.69) is 25.3 Å². The Balaban J connectivity index is 1.13. The fourth-order valence-corrected chi connectivity index (χ4v) is 6.54. The molecule has 4 heterocycles. The highest BCUT2D eigenvalue weighted by atomic mass is 35.5. The standard InChI is InChI=1S/C32H26ClFN6O4S2/c1-20(43-11-12-46(41,42)30-7-2-3-10-35-30)32-40-28(18-45-32)26-15-24-27(16-36-26)37-19-38-31(24)39-23-8-9-29(25(33)14-23)44-17-21-5-4-6-22(34)13-21/h2-10,13-16,18-20H,11-12,17H2,1H3,(H,37,38,39). The molecule has 0 spiro atoms. The molecule has 1 unspecified atom stereocenters. The Bertz CT molecular complexity index is 2100. The lowest BCUT2D eigenvalue weighted by atomic mass is 10.2. The number of hydrogen-bond donors (Lipinski definition) is 1. The van der Waals surface area contributed by atoms with Crippen LogP contribution in [0.1, 0.15) is 23.6 Å². The van der Waals surface area contributed by atoms with E-state index in [0.29, 0.717) is 55.1 Å². The minimum atomic E-state index is -3.55. The van der Waals surface area contributed by atoms with Gasteiger partial charge in [-0.2, -0.15) is 0 Å². The molecule has 6 aromatic rings. The Labute approximate surface area is 273 Å². The van der Waals surface area contributed by atoms with E-state index in [1.165, 1.54) is 42.1 Å². The van der Waals surface area contributed by atoms with Gasteiger partial charge in [-0.05, 0) is 61.0 Å². The Hall–Kier alpha value is -4.56. The van der Waals surface area contributed by atoms with Crippen molar-refractivity contribution in [3.8, 4) is 17.1 Å². The fourth-order valence-electron chi connectivity index (χ4n) is 4.45. The number of halogens is 2. The molecule has 0 fully saturated rings. The van der Waals surface area contributed by atoms with Crippen LogP contribution in [0.2, 0.25) is 5.02 Å². The van der Waals surface area contributed by atoms with E-state index in [0.717, 1.165) is 0 Å². The third-order valence-corrected chi connectivity index (χ3v) is 9.69. The average Bonchev–Trinajstić information content (AvgIpc) is 3.56. The SMILES string of the molecule is CC(OCCS(=O)(=O)c1ccccn1)c1nc(-c2cc3c(Nc4ccc(OCc5cccc(F)c5)c(Cl)c4)ncnc3cn2)cs1. The maximum atomic E-state index is 13.5. The number of fused-ring (bicyclic) bond motifs is 1. The first-order valence-electron chi connectivity index (χ1n) is 14.0. The summed E-state index contributed by atoms with van der Waals surface area (Å²) in [6.45, 7) is 2.00. The third kappa shape index (κ3) is 7.45. The lowest BCUT2D eigenvalue weighted by Crippen LogP contribution is -2.15. The van der Waals surface area contributed by atoms with E-state index in [9.17, 15) is 12.8 Å². The van der Waals surface area contributed by atoms with Gasteiger partial charge in [0.05, 0.1) is 40.5 Å². The topological polar surface area (TPSA) is 129 Å². The Morgan fingerprint density at radius 2 is 1.89 bits per heavy atom. The zero-order valence-corrected chi connectivity index (χ0v) is 26.7. The minimum Gasteiger partial charge on any atom is -0.487 e. The molecule has 0 saturated carbocycles. The molecular weight excluding hydrogens is 651 g/mol. The van der Waals surface area contributed by atoms with Gasteiger partial charge in [-0.1, -0.05) is 29.8 Å².